The molecule has 0 spiro atoms. The van der Waals surface area contributed by atoms with Crippen molar-refractivity contribution in [3.63, 3.8) is 0 Å². The highest BCUT2D eigenvalue weighted by molar-refractivity contribution is 5.76. The zero-order valence-corrected chi connectivity index (χ0v) is 10.3. The van der Waals surface area contributed by atoms with Crippen molar-refractivity contribution in [2.75, 3.05) is 0 Å². The number of nitrogens with zero attached hydrogens (tertiary/aromatic N) is 2. The zero-order chi connectivity index (χ0) is 13.2. The van der Waals surface area contributed by atoms with E-state index >= 15 is 0 Å². The van der Waals surface area contributed by atoms with E-state index in [4.69, 9.17) is 4.42 Å². The maximum Gasteiger partial charge on any atom is 0.240 e. The quantitative estimate of drug-likeness (QED) is 0.514. The molecular weight excluding hydrogens is 240 g/mol. The van der Waals surface area contributed by atoms with Crippen LogP contribution >= 0.6 is 0 Å². The minimum atomic E-state index is 0.517. The maximum atomic E-state index is 10.4. The highest BCUT2D eigenvalue weighted by atomic mass is 16.3. The Morgan fingerprint density at radius 3 is 2.84 bits per heavy atom. The van der Waals surface area contributed by atoms with Crippen molar-refractivity contribution in [2.45, 2.75) is 6.92 Å². The van der Waals surface area contributed by atoms with E-state index in [1.54, 1.807) is 12.1 Å². The summed E-state index contributed by atoms with van der Waals surface area (Å²) in [6.45, 7) is 1.88. The number of aromatic nitrogens is 1. The Morgan fingerprint density at radius 2 is 2.05 bits per heavy atom. The number of para-hydroxylation sites is 2. The van der Waals surface area contributed by atoms with E-state index in [-0.39, 0.29) is 0 Å². The van der Waals surface area contributed by atoms with Gasteiger partial charge >= 0.3 is 0 Å². The summed E-state index contributed by atoms with van der Waals surface area (Å²) in [5, 5.41) is 0. The Labute approximate surface area is 109 Å². The van der Waals surface area contributed by atoms with Gasteiger partial charge in [0, 0.05) is 5.56 Å². The van der Waals surface area contributed by atoms with Crippen molar-refractivity contribution in [2.24, 2.45) is 4.99 Å². The van der Waals surface area contributed by atoms with Gasteiger partial charge in [-0.2, -0.15) is 4.99 Å². The fourth-order valence-electron chi connectivity index (χ4n) is 1.91. The Hall–Kier alpha value is -2.71. The van der Waals surface area contributed by atoms with E-state index in [0.29, 0.717) is 11.6 Å². The average molecular weight is 250 g/mol. The Morgan fingerprint density at radius 1 is 1.21 bits per heavy atom. The summed E-state index contributed by atoms with van der Waals surface area (Å²) in [6, 6.07) is 13.1. The van der Waals surface area contributed by atoms with Gasteiger partial charge in [-0.15, -0.1) is 0 Å². The van der Waals surface area contributed by atoms with Gasteiger partial charge in [-0.3, -0.25) is 0 Å². The minimum Gasteiger partial charge on any atom is -0.436 e. The number of carbonyl (C=O) groups excluding carboxylic acids is 1. The lowest BCUT2D eigenvalue weighted by Crippen LogP contribution is -1.80. The van der Waals surface area contributed by atoms with Crippen molar-refractivity contribution in [3.05, 3.63) is 48.0 Å². The van der Waals surface area contributed by atoms with E-state index in [1.165, 1.54) is 0 Å². The number of benzene rings is 2. The van der Waals surface area contributed by atoms with Gasteiger partial charge in [0.05, 0.1) is 5.69 Å². The number of isocyanates is 1. The Kier molecular flexibility index (Phi) is 2.71. The van der Waals surface area contributed by atoms with Gasteiger partial charge in [-0.25, -0.2) is 9.78 Å². The Balaban J connectivity index is 2.15. The molecule has 0 unspecified atom stereocenters. The van der Waals surface area contributed by atoms with Crippen LogP contribution < -0.4 is 0 Å². The molecule has 0 aliphatic carbocycles. The molecular formula is C15H10N2O2. The van der Waals surface area contributed by atoms with Gasteiger partial charge < -0.3 is 4.42 Å². The van der Waals surface area contributed by atoms with Gasteiger partial charge in [0.2, 0.25) is 12.0 Å². The molecule has 92 valence electrons. The smallest absolute Gasteiger partial charge is 0.240 e. The van der Waals surface area contributed by atoms with Gasteiger partial charge in [-0.05, 0) is 36.8 Å². The highest BCUT2D eigenvalue weighted by Gasteiger charge is 2.09. The van der Waals surface area contributed by atoms with Gasteiger partial charge in [0.25, 0.3) is 0 Å². The van der Waals surface area contributed by atoms with Crippen molar-refractivity contribution < 1.29 is 9.21 Å². The second-order valence-electron chi connectivity index (χ2n) is 4.19. The molecule has 1 aromatic heterocycles. The molecule has 1 heterocycles. The lowest BCUT2D eigenvalue weighted by Gasteiger charge is -2.00. The Bertz CT molecular complexity index is 766. The summed E-state index contributed by atoms with van der Waals surface area (Å²) in [5.41, 5.74) is 3.81. The van der Waals surface area contributed by atoms with E-state index in [1.807, 2.05) is 43.3 Å². The molecule has 0 atom stereocenters. The summed E-state index contributed by atoms with van der Waals surface area (Å²) in [4.78, 5) is 18.5. The number of fused-ring (bicyclic) bond motifs is 1. The molecule has 0 bridgehead atoms. The van der Waals surface area contributed by atoms with E-state index in [2.05, 4.69) is 9.98 Å². The minimum absolute atomic E-state index is 0.517. The lowest BCUT2D eigenvalue weighted by atomic mass is 10.1. The summed E-state index contributed by atoms with van der Waals surface area (Å²) in [7, 11) is 0. The molecule has 4 nitrogen and oxygen atoms in total. The lowest BCUT2D eigenvalue weighted by molar-refractivity contribution is 0.565. The van der Waals surface area contributed by atoms with Gasteiger partial charge in [0.15, 0.2) is 5.58 Å². The van der Waals surface area contributed by atoms with Crippen LogP contribution in [0.4, 0.5) is 5.69 Å². The first-order valence-electron chi connectivity index (χ1n) is 5.82. The van der Waals surface area contributed by atoms with Crippen LogP contribution in [0.25, 0.3) is 22.6 Å². The first-order valence-corrected chi connectivity index (χ1v) is 5.82. The SMILES string of the molecule is Cc1ccc(-c2nc3ccccc3o2)cc1N=C=O. The molecule has 0 amide bonds. The van der Waals surface area contributed by atoms with Crippen molar-refractivity contribution in [3.8, 4) is 11.5 Å². The molecule has 2 aromatic carbocycles. The van der Waals surface area contributed by atoms with Crippen LogP contribution in [-0.2, 0) is 4.79 Å². The number of hydrogen-bond acceptors (Lipinski definition) is 4. The molecule has 19 heavy (non-hydrogen) atoms. The second kappa shape index (κ2) is 4.52. The largest absolute Gasteiger partial charge is 0.436 e. The molecule has 0 saturated heterocycles. The summed E-state index contributed by atoms with van der Waals surface area (Å²) in [5.74, 6) is 0.517. The van der Waals surface area contributed by atoms with Crippen molar-refractivity contribution in [1.29, 1.82) is 0 Å². The number of hydrogen-bond donors (Lipinski definition) is 0. The van der Waals surface area contributed by atoms with Crippen LogP contribution in [0.15, 0.2) is 51.9 Å². The fourth-order valence-corrected chi connectivity index (χ4v) is 1.91. The number of rotatable bonds is 2. The zero-order valence-electron chi connectivity index (χ0n) is 10.3. The van der Waals surface area contributed by atoms with E-state index in [0.717, 1.165) is 22.2 Å². The monoisotopic (exact) mass is 250 g/mol. The normalized spacial score (nSPS) is 10.4. The molecule has 0 aliphatic rings. The fraction of sp³-hybridized carbons (Fsp3) is 0.0667. The average Bonchev–Trinajstić information content (AvgIpc) is 2.85. The van der Waals surface area contributed by atoms with Crippen LogP contribution in [-0.4, -0.2) is 11.1 Å². The number of aliphatic imine (C=N–C) groups is 1. The highest BCUT2D eigenvalue weighted by Crippen LogP contribution is 2.28. The molecule has 3 rings (SSSR count). The second-order valence-corrected chi connectivity index (χ2v) is 4.19. The first-order chi connectivity index (χ1) is 9.28. The summed E-state index contributed by atoms with van der Waals surface area (Å²) < 4.78 is 5.68. The molecule has 0 aliphatic heterocycles. The molecule has 0 radical (unpaired) electrons. The predicted molar refractivity (Wildman–Crippen MR) is 72.0 cm³/mol. The van der Waals surface area contributed by atoms with Gasteiger partial charge in [-0.1, -0.05) is 18.2 Å². The molecule has 0 N–H and O–H groups in total. The molecule has 0 saturated carbocycles. The van der Waals surface area contributed by atoms with Crippen molar-refractivity contribution in [1.82, 2.24) is 4.98 Å². The van der Waals surface area contributed by atoms with E-state index < -0.39 is 0 Å². The summed E-state index contributed by atoms with van der Waals surface area (Å²) >= 11 is 0. The van der Waals surface area contributed by atoms with Crippen LogP contribution in [0.1, 0.15) is 5.56 Å². The first kappa shape index (κ1) is 11.4. The third-order valence-electron chi connectivity index (χ3n) is 2.92. The topological polar surface area (TPSA) is 55.5 Å². The van der Waals surface area contributed by atoms with Crippen LogP contribution in [0.3, 0.4) is 0 Å². The van der Waals surface area contributed by atoms with Crippen LogP contribution in [0.5, 0.6) is 0 Å². The summed E-state index contributed by atoms with van der Waals surface area (Å²) in [6.07, 6.45) is 1.55. The number of aryl methyl sites for hydroxylation is 1. The van der Waals surface area contributed by atoms with Crippen LogP contribution in [0.2, 0.25) is 0 Å². The predicted octanol–water partition coefficient (Wildman–Crippen LogP) is 3.77. The third-order valence-corrected chi connectivity index (χ3v) is 2.92. The van der Waals surface area contributed by atoms with Gasteiger partial charge in [0.1, 0.15) is 5.52 Å². The molecule has 4 heteroatoms. The molecule has 3 aromatic rings. The molecule has 0 fully saturated rings. The van der Waals surface area contributed by atoms with E-state index in [9.17, 15) is 4.79 Å². The maximum absolute atomic E-state index is 10.4. The van der Waals surface area contributed by atoms with Crippen LogP contribution in [0, 0.1) is 6.92 Å². The third kappa shape index (κ3) is 2.05. The standard InChI is InChI=1S/C15H10N2O2/c1-10-6-7-11(8-13(10)16-9-18)15-17-12-4-2-3-5-14(12)19-15/h2-8H,1H3. The number of oxazole rings is 1. The van der Waals surface area contributed by atoms with Crippen molar-refractivity contribution >= 4 is 22.9 Å².